The van der Waals surface area contributed by atoms with E-state index in [0.717, 1.165) is 18.2 Å². The fraction of sp³-hybridized carbons (Fsp3) is 0.0714. The Labute approximate surface area is 116 Å². The first-order chi connectivity index (χ1) is 8.97. The quantitative estimate of drug-likeness (QED) is 0.768. The highest BCUT2D eigenvalue weighted by molar-refractivity contribution is 9.10. The lowest BCUT2D eigenvalue weighted by molar-refractivity contribution is 0.0988. The molecule has 0 unspecified atom stereocenters. The predicted octanol–water partition coefficient (Wildman–Crippen LogP) is 4.29. The van der Waals surface area contributed by atoms with Gasteiger partial charge in [0.25, 0.3) is 0 Å². The van der Waals surface area contributed by atoms with Gasteiger partial charge in [0.2, 0.25) is 0 Å². The minimum atomic E-state index is -0.773. The van der Waals surface area contributed by atoms with E-state index in [-0.39, 0.29) is 12.0 Å². The number of benzene rings is 2. The van der Waals surface area contributed by atoms with Crippen LogP contribution in [0.5, 0.6) is 0 Å². The summed E-state index contributed by atoms with van der Waals surface area (Å²) in [7, 11) is 0. The van der Waals surface area contributed by atoms with Crippen molar-refractivity contribution in [1.29, 1.82) is 0 Å². The third kappa shape index (κ3) is 3.23. The fourth-order valence-corrected chi connectivity index (χ4v) is 2.14. The maximum absolute atomic E-state index is 13.4. The van der Waals surface area contributed by atoms with Gasteiger partial charge in [-0.25, -0.2) is 13.2 Å². The number of halogens is 4. The molecule has 0 radical (unpaired) electrons. The van der Waals surface area contributed by atoms with Gasteiger partial charge < -0.3 is 0 Å². The minimum absolute atomic E-state index is 0.138. The van der Waals surface area contributed by atoms with Crippen molar-refractivity contribution in [3.63, 3.8) is 0 Å². The monoisotopic (exact) mass is 328 g/mol. The summed E-state index contributed by atoms with van der Waals surface area (Å²) in [6.07, 6.45) is -0.138. The van der Waals surface area contributed by atoms with E-state index in [0.29, 0.717) is 10.0 Å². The summed E-state index contributed by atoms with van der Waals surface area (Å²) in [5, 5.41) is 0. The van der Waals surface area contributed by atoms with Gasteiger partial charge >= 0.3 is 0 Å². The normalized spacial score (nSPS) is 10.5. The molecule has 19 heavy (non-hydrogen) atoms. The molecule has 0 bridgehead atoms. The summed E-state index contributed by atoms with van der Waals surface area (Å²) in [6.45, 7) is 0. The Morgan fingerprint density at radius 3 is 2.32 bits per heavy atom. The van der Waals surface area contributed by atoms with Gasteiger partial charge in [-0.05, 0) is 35.9 Å². The lowest BCUT2D eigenvalue weighted by Crippen LogP contribution is -2.07. The van der Waals surface area contributed by atoms with Crippen molar-refractivity contribution < 1.29 is 18.0 Å². The third-order valence-electron chi connectivity index (χ3n) is 2.59. The Bertz CT molecular complexity index is 641. The number of hydrogen-bond donors (Lipinski definition) is 0. The second-order valence-electron chi connectivity index (χ2n) is 3.96. The molecule has 0 aliphatic carbocycles. The highest BCUT2D eigenvalue weighted by Gasteiger charge is 2.15. The fourth-order valence-electron chi connectivity index (χ4n) is 1.64. The molecule has 0 fully saturated rings. The Balaban J connectivity index is 2.28. The van der Waals surface area contributed by atoms with Crippen LogP contribution < -0.4 is 0 Å². The van der Waals surface area contributed by atoms with Crippen LogP contribution in [0.25, 0.3) is 0 Å². The van der Waals surface area contributed by atoms with E-state index >= 15 is 0 Å². The number of Topliss-reactive ketones (excluding diaryl/α,β-unsaturated/α-hetero) is 1. The smallest absolute Gasteiger partial charge is 0.170 e. The van der Waals surface area contributed by atoms with E-state index in [1.807, 2.05) is 0 Å². The molecule has 0 aromatic heterocycles. The summed E-state index contributed by atoms with van der Waals surface area (Å²) in [4.78, 5) is 11.9. The van der Waals surface area contributed by atoms with Gasteiger partial charge in [0, 0.05) is 10.9 Å². The summed E-state index contributed by atoms with van der Waals surface area (Å²) >= 11 is 3.12. The maximum atomic E-state index is 13.4. The second kappa shape index (κ2) is 5.57. The van der Waals surface area contributed by atoms with Crippen molar-refractivity contribution in [3.8, 4) is 0 Å². The second-order valence-corrected chi connectivity index (χ2v) is 4.81. The molecule has 0 heterocycles. The van der Waals surface area contributed by atoms with Crippen LogP contribution in [-0.4, -0.2) is 5.78 Å². The Kier molecular flexibility index (Phi) is 4.04. The van der Waals surface area contributed by atoms with Crippen molar-refractivity contribution >= 4 is 21.7 Å². The molecule has 0 saturated heterocycles. The summed E-state index contributed by atoms with van der Waals surface area (Å²) in [6, 6.07) is 6.55. The van der Waals surface area contributed by atoms with Crippen molar-refractivity contribution in [3.05, 3.63) is 69.4 Å². The topological polar surface area (TPSA) is 17.1 Å². The largest absolute Gasteiger partial charge is 0.294 e. The van der Waals surface area contributed by atoms with Gasteiger partial charge in [0.1, 0.15) is 17.5 Å². The first-order valence-corrected chi connectivity index (χ1v) is 6.19. The van der Waals surface area contributed by atoms with Crippen LogP contribution in [0.3, 0.4) is 0 Å². The molecule has 0 N–H and O–H groups in total. The minimum Gasteiger partial charge on any atom is -0.294 e. The summed E-state index contributed by atoms with van der Waals surface area (Å²) in [5.74, 6) is -2.46. The van der Waals surface area contributed by atoms with Crippen LogP contribution in [0.1, 0.15) is 15.9 Å². The van der Waals surface area contributed by atoms with Gasteiger partial charge in [-0.15, -0.1) is 0 Å². The molecule has 98 valence electrons. The molecular formula is C14H8BrF3O. The third-order valence-corrected chi connectivity index (χ3v) is 3.33. The number of rotatable bonds is 3. The highest BCUT2D eigenvalue weighted by atomic mass is 79.9. The molecule has 0 atom stereocenters. The summed E-state index contributed by atoms with van der Waals surface area (Å²) < 4.78 is 39.7. The average molecular weight is 329 g/mol. The van der Waals surface area contributed by atoms with Gasteiger partial charge in [0.05, 0.1) is 5.56 Å². The van der Waals surface area contributed by atoms with Gasteiger partial charge in [-0.2, -0.15) is 0 Å². The van der Waals surface area contributed by atoms with E-state index in [4.69, 9.17) is 0 Å². The molecule has 0 aliphatic heterocycles. The molecule has 0 amide bonds. The standard InChI is InChI=1S/C14H8BrF3O/c15-12-7-10(17)2-1-8(12)5-14(19)11-6-9(16)3-4-13(11)18/h1-4,6-7H,5H2. The number of carbonyl (C=O) groups excluding carboxylic acids is 1. The van der Waals surface area contributed by atoms with Crippen molar-refractivity contribution in [2.24, 2.45) is 0 Å². The Morgan fingerprint density at radius 2 is 1.63 bits per heavy atom. The molecule has 5 heteroatoms. The first kappa shape index (κ1) is 13.8. The first-order valence-electron chi connectivity index (χ1n) is 5.39. The molecule has 0 aliphatic rings. The van der Waals surface area contributed by atoms with Crippen LogP contribution in [0, 0.1) is 17.5 Å². The van der Waals surface area contributed by atoms with E-state index in [9.17, 15) is 18.0 Å². The molecule has 2 aromatic rings. The molecule has 2 rings (SSSR count). The lowest BCUT2D eigenvalue weighted by Gasteiger charge is -2.05. The summed E-state index contributed by atoms with van der Waals surface area (Å²) in [5.41, 5.74) is 0.200. The SMILES string of the molecule is O=C(Cc1ccc(F)cc1Br)c1cc(F)ccc1F. The van der Waals surface area contributed by atoms with Crippen LogP contribution in [0.2, 0.25) is 0 Å². The zero-order chi connectivity index (χ0) is 14.0. The lowest BCUT2D eigenvalue weighted by atomic mass is 10.0. The number of hydrogen-bond acceptors (Lipinski definition) is 1. The van der Waals surface area contributed by atoms with E-state index in [2.05, 4.69) is 15.9 Å². The number of ketones is 1. The Hall–Kier alpha value is -1.62. The molecule has 2 aromatic carbocycles. The number of carbonyl (C=O) groups is 1. The zero-order valence-corrected chi connectivity index (χ0v) is 11.2. The molecular weight excluding hydrogens is 321 g/mol. The average Bonchev–Trinajstić information content (AvgIpc) is 2.35. The molecule has 1 nitrogen and oxygen atoms in total. The maximum Gasteiger partial charge on any atom is 0.170 e. The Morgan fingerprint density at radius 1 is 1.00 bits per heavy atom. The van der Waals surface area contributed by atoms with Gasteiger partial charge in [-0.3, -0.25) is 4.79 Å². The van der Waals surface area contributed by atoms with Crippen molar-refractivity contribution in [2.45, 2.75) is 6.42 Å². The van der Waals surface area contributed by atoms with E-state index in [1.54, 1.807) is 0 Å². The van der Waals surface area contributed by atoms with Crippen molar-refractivity contribution in [2.75, 3.05) is 0 Å². The van der Waals surface area contributed by atoms with Crippen LogP contribution in [0.4, 0.5) is 13.2 Å². The van der Waals surface area contributed by atoms with Gasteiger partial charge in [0.15, 0.2) is 5.78 Å². The van der Waals surface area contributed by atoms with E-state index in [1.165, 1.54) is 18.2 Å². The van der Waals surface area contributed by atoms with Crippen LogP contribution >= 0.6 is 15.9 Å². The molecule has 0 spiro atoms. The van der Waals surface area contributed by atoms with Gasteiger partial charge in [-0.1, -0.05) is 22.0 Å². The zero-order valence-electron chi connectivity index (χ0n) is 9.59. The highest BCUT2D eigenvalue weighted by Crippen LogP contribution is 2.21. The van der Waals surface area contributed by atoms with Crippen LogP contribution in [0.15, 0.2) is 40.9 Å². The molecule has 0 saturated carbocycles. The van der Waals surface area contributed by atoms with E-state index < -0.39 is 23.2 Å². The van der Waals surface area contributed by atoms with Crippen LogP contribution in [-0.2, 0) is 6.42 Å². The van der Waals surface area contributed by atoms with Crippen molar-refractivity contribution in [1.82, 2.24) is 0 Å². The predicted molar refractivity (Wildman–Crippen MR) is 68.5 cm³/mol.